The molecule has 1 aliphatic heterocycles. The fourth-order valence-corrected chi connectivity index (χ4v) is 4.88. The number of carbonyl (C=O) groups excluding carboxylic acids is 1. The van der Waals surface area contributed by atoms with Gasteiger partial charge >= 0.3 is 0 Å². The molecule has 9 heteroatoms. The van der Waals surface area contributed by atoms with Crippen LogP contribution in [0, 0.1) is 5.82 Å². The summed E-state index contributed by atoms with van der Waals surface area (Å²) in [6.45, 7) is 6.22. The third-order valence-corrected chi connectivity index (χ3v) is 7.07. The van der Waals surface area contributed by atoms with Gasteiger partial charge in [0.25, 0.3) is 0 Å². The summed E-state index contributed by atoms with van der Waals surface area (Å²) in [5, 5.41) is 0. The van der Waals surface area contributed by atoms with Crippen LogP contribution in [0.4, 0.5) is 10.2 Å². The molecular weight excluding hydrogens is 419 g/mol. The number of nitrogens with one attached hydrogen (secondary N) is 1. The first-order valence-corrected chi connectivity index (χ1v) is 12.1. The second-order valence-electron chi connectivity index (χ2n) is 7.66. The Hall–Kier alpha value is -2.52. The first kappa shape index (κ1) is 23.1. The van der Waals surface area contributed by atoms with E-state index >= 15 is 0 Å². The normalized spacial score (nSPS) is 14.8. The van der Waals surface area contributed by atoms with Crippen LogP contribution in [0.15, 0.2) is 47.5 Å². The number of sulfonamides is 1. The van der Waals surface area contributed by atoms with E-state index in [1.807, 2.05) is 18.7 Å². The van der Waals surface area contributed by atoms with Gasteiger partial charge in [0.05, 0.1) is 6.42 Å². The molecule has 168 valence electrons. The third kappa shape index (κ3) is 6.01. The van der Waals surface area contributed by atoms with Crippen LogP contribution >= 0.6 is 0 Å². The number of hydrogen-bond donors (Lipinski definition) is 1. The first-order valence-electron chi connectivity index (χ1n) is 10.6. The molecule has 0 saturated carbocycles. The second-order valence-corrected chi connectivity index (χ2v) is 9.37. The van der Waals surface area contributed by atoms with Gasteiger partial charge in [0, 0.05) is 38.4 Å². The van der Waals surface area contributed by atoms with Crippen LogP contribution in [0.25, 0.3) is 0 Å². The molecule has 0 radical (unpaired) electrons. The summed E-state index contributed by atoms with van der Waals surface area (Å²) in [6, 6.07) is 9.15. The molecule has 1 saturated heterocycles. The number of rotatable bonds is 8. The lowest BCUT2D eigenvalue weighted by Crippen LogP contribution is -2.49. The molecule has 1 amide bonds. The minimum absolute atomic E-state index is 0.00753. The summed E-state index contributed by atoms with van der Waals surface area (Å²) >= 11 is 0. The van der Waals surface area contributed by atoms with Crippen molar-refractivity contribution in [2.75, 3.05) is 31.1 Å². The Balaban J connectivity index is 1.56. The second kappa shape index (κ2) is 10.2. The summed E-state index contributed by atoms with van der Waals surface area (Å²) in [5.74, 6) is 0.378. The number of pyridine rings is 1. The topological polar surface area (TPSA) is 82.6 Å². The van der Waals surface area contributed by atoms with E-state index in [-0.39, 0.29) is 29.1 Å². The van der Waals surface area contributed by atoms with E-state index in [4.69, 9.17) is 0 Å². The number of aromatic nitrogens is 1. The number of halogens is 1. The van der Waals surface area contributed by atoms with E-state index in [0.717, 1.165) is 18.4 Å². The number of amides is 1. The Morgan fingerprint density at radius 3 is 2.26 bits per heavy atom. The lowest BCUT2D eigenvalue weighted by atomic mass is 10.1. The highest BCUT2D eigenvalue weighted by Crippen LogP contribution is 2.18. The Kier molecular flexibility index (Phi) is 7.61. The molecule has 1 aliphatic rings. The van der Waals surface area contributed by atoms with E-state index in [1.54, 1.807) is 29.2 Å². The summed E-state index contributed by atoms with van der Waals surface area (Å²) in [6.07, 6.45) is 3.08. The van der Waals surface area contributed by atoms with E-state index in [1.165, 1.54) is 18.3 Å². The van der Waals surface area contributed by atoms with Gasteiger partial charge in [-0.3, -0.25) is 4.79 Å². The zero-order valence-electron chi connectivity index (χ0n) is 17.9. The molecule has 2 aromatic rings. The Labute approximate surface area is 183 Å². The fourth-order valence-electron chi connectivity index (χ4n) is 3.53. The molecule has 1 N–H and O–H groups in total. The number of hydrogen-bond acceptors (Lipinski definition) is 5. The summed E-state index contributed by atoms with van der Waals surface area (Å²) in [7, 11) is -3.59. The molecule has 0 spiro atoms. The molecule has 2 heterocycles. The van der Waals surface area contributed by atoms with Crippen molar-refractivity contribution >= 4 is 21.7 Å². The maximum atomic E-state index is 13.0. The number of carbonyl (C=O) groups is 1. The number of benzene rings is 1. The SMILES string of the molecule is CCC(CC)NS(=O)(=O)c1ccc(N2CCN(C(=O)Cc3ccc(F)cc3)CC2)nc1. The Morgan fingerprint density at radius 1 is 1.06 bits per heavy atom. The van der Waals surface area contributed by atoms with Crippen LogP contribution in [0.3, 0.4) is 0 Å². The van der Waals surface area contributed by atoms with Crippen molar-refractivity contribution < 1.29 is 17.6 Å². The van der Waals surface area contributed by atoms with Crippen molar-refractivity contribution in [1.29, 1.82) is 0 Å². The van der Waals surface area contributed by atoms with Gasteiger partial charge < -0.3 is 9.80 Å². The van der Waals surface area contributed by atoms with Crippen molar-refractivity contribution in [2.45, 2.75) is 44.0 Å². The average Bonchev–Trinajstić information content (AvgIpc) is 2.79. The molecule has 0 unspecified atom stereocenters. The molecule has 31 heavy (non-hydrogen) atoms. The smallest absolute Gasteiger partial charge is 0.242 e. The highest BCUT2D eigenvalue weighted by atomic mass is 32.2. The van der Waals surface area contributed by atoms with Gasteiger partial charge in [0.1, 0.15) is 16.5 Å². The molecule has 0 bridgehead atoms. The van der Waals surface area contributed by atoms with Crippen LogP contribution in [0.1, 0.15) is 32.3 Å². The fraction of sp³-hybridized carbons (Fsp3) is 0.455. The molecule has 1 fully saturated rings. The van der Waals surface area contributed by atoms with Crippen molar-refractivity contribution in [2.24, 2.45) is 0 Å². The van der Waals surface area contributed by atoms with E-state index < -0.39 is 10.0 Å². The molecular formula is C22H29FN4O3S. The summed E-state index contributed by atoms with van der Waals surface area (Å²) in [5.41, 5.74) is 0.786. The van der Waals surface area contributed by atoms with Crippen LogP contribution in [0.2, 0.25) is 0 Å². The van der Waals surface area contributed by atoms with E-state index in [9.17, 15) is 17.6 Å². The largest absolute Gasteiger partial charge is 0.353 e. The van der Waals surface area contributed by atoms with E-state index in [2.05, 4.69) is 9.71 Å². The Bertz CT molecular complexity index is 969. The van der Waals surface area contributed by atoms with Gasteiger partial charge in [-0.1, -0.05) is 26.0 Å². The predicted molar refractivity (Wildman–Crippen MR) is 118 cm³/mol. The van der Waals surface area contributed by atoms with Gasteiger partial charge in [-0.25, -0.2) is 22.5 Å². The van der Waals surface area contributed by atoms with Crippen molar-refractivity contribution in [3.05, 3.63) is 54.0 Å². The zero-order valence-corrected chi connectivity index (χ0v) is 18.7. The minimum Gasteiger partial charge on any atom is -0.353 e. The summed E-state index contributed by atoms with van der Waals surface area (Å²) < 4.78 is 40.7. The third-order valence-electron chi connectivity index (χ3n) is 5.56. The highest BCUT2D eigenvalue weighted by Gasteiger charge is 2.23. The van der Waals surface area contributed by atoms with Gasteiger partial charge in [-0.15, -0.1) is 0 Å². The highest BCUT2D eigenvalue weighted by molar-refractivity contribution is 7.89. The van der Waals surface area contributed by atoms with Crippen molar-refractivity contribution in [3.8, 4) is 0 Å². The molecule has 7 nitrogen and oxygen atoms in total. The molecule has 1 aromatic carbocycles. The van der Waals surface area contributed by atoms with Crippen LogP contribution in [-0.4, -0.2) is 56.4 Å². The lowest BCUT2D eigenvalue weighted by Gasteiger charge is -2.35. The first-order chi connectivity index (χ1) is 14.8. The Morgan fingerprint density at radius 2 is 1.71 bits per heavy atom. The van der Waals surface area contributed by atoms with E-state index in [0.29, 0.717) is 32.0 Å². The van der Waals surface area contributed by atoms with Gasteiger partial charge in [-0.05, 0) is 42.7 Å². The standard InChI is InChI=1S/C22H29FN4O3S/c1-3-19(4-2)25-31(29,30)20-9-10-21(24-16-20)26-11-13-27(14-12-26)22(28)15-17-5-7-18(23)8-6-17/h5-10,16,19,25H,3-4,11-15H2,1-2H3. The monoisotopic (exact) mass is 448 g/mol. The zero-order chi connectivity index (χ0) is 22.4. The predicted octanol–water partition coefficient (Wildman–Crippen LogP) is 2.58. The van der Waals surface area contributed by atoms with Gasteiger partial charge in [0.2, 0.25) is 15.9 Å². The number of anilines is 1. The average molecular weight is 449 g/mol. The molecule has 1 aromatic heterocycles. The van der Waals surface area contributed by atoms with Crippen LogP contribution in [0.5, 0.6) is 0 Å². The molecule has 3 rings (SSSR count). The molecule has 0 atom stereocenters. The number of nitrogens with zero attached hydrogens (tertiary/aromatic N) is 3. The maximum Gasteiger partial charge on any atom is 0.242 e. The molecule has 0 aliphatic carbocycles. The van der Waals surface area contributed by atoms with Crippen LogP contribution in [-0.2, 0) is 21.2 Å². The van der Waals surface area contributed by atoms with Gasteiger partial charge in [0.15, 0.2) is 0 Å². The lowest BCUT2D eigenvalue weighted by molar-refractivity contribution is -0.130. The van der Waals surface area contributed by atoms with Gasteiger partial charge in [-0.2, -0.15) is 0 Å². The summed E-state index contributed by atoms with van der Waals surface area (Å²) in [4.78, 5) is 20.8. The van der Waals surface area contributed by atoms with Crippen molar-refractivity contribution in [3.63, 3.8) is 0 Å². The quantitative estimate of drug-likeness (QED) is 0.671. The number of piperazine rings is 1. The van der Waals surface area contributed by atoms with Crippen LogP contribution < -0.4 is 9.62 Å². The maximum absolute atomic E-state index is 13.0. The minimum atomic E-state index is -3.59. The van der Waals surface area contributed by atoms with Crippen molar-refractivity contribution in [1.82, 2.24) is 14.6 Å².